The van der Waals surface area contributed by atoms with Gasteiger partial charge in [0.05, 0.1) is 11.5 Å². The Kier molecular flexibility index (Phi) is 5.04. The van der Waals surface area contributed by atoms with Crippen LogP contribution in [0, 0.1) is 17.2 Å². The number of amides is 1. The molecule has 1 N–H and O–H groups in total. The zero-order valence-electron chi connectivity index (χ0n) is 16.3. The highest BCUT2D eigenvalue weighted by atomic mass is 19.1. The van der Waals surface area contributed by atoms with Crippen molar-refractivity contribution in [2.45, 2.75) is 32.2 Å². The number of rotatable bonds is 4. The fourth-order valence-corrected chi connectivity index (χ4v) is 5.25. The second kappa shape index (κ2) is 7.35. The zero-order chi connectivity index (χ0) is 19.9. The summed E-state index contributed by atoms with van der Waals surface area (Å²) in [5.74, 6) is -0.844. The average Bonchev–Trinajstić information content (AvgIpc) is 3.26. The molecule has 0 aromatic heterocycles. The molecular formula is C21H28FN3O3. The molecule has 1 saturated carbocycles. The van der Waals surface area contributed by atoms with Crippen LogP contribution in [0.2, 0.25) is 0 Å². The van der Waals surface area contributed by atoms with Gasteiger partial charge in [-0.25, -0.2) is 4.39 Å². The number of carbonyl (C=O) groups is 2. The van der Waals surface area contributed by atoms with Crippen LogP contribution in [0.4, 0.5) is 10.1 Å². The molecule has 3 fully saturated rings. The summed E-state index contributed by atoms with van der Waals surface area (Å²) in [6.45, 7) is 5.93. The van der Waals surface area contributed by atoms with Crippen LogP contribution in [0.1, 0.15) is 26.2 Å². The van der Waals surface area contributed by atoms with Gasteiger partial charge < -0.3 is 14.9 Å². The van der Waals surface area contributed by atoms with Crippen LogP contribution in [0.25, 0.3) is 0 Å². The molecular weight excluding hydrogens is 361 g/mol. The van der Waals surface area contributed by atoms with Gasteiger partial charge in [-0.2, -0.15) is 0 Å². The number of halogens is 1. The number of carbonyl (C=O) groups excluding carboxylic acids is 1. The fourth-order valence-electron chi connectivity index (χ4n) is 5.25. The van der Waals surface area contributed by atoms with Crippen molar-refractivity contribution in [2.24, 2.45) is 11.3 Å². The Bertz CT molecular complexity index is 748. The van der Waals surface area contributed by atoms with E-state index in [-0.39, 0.29) is 23.7 Å². The molecule has 6 nitrogen and oxygen atoms in total. The first-order valence-corrected chi connectivity index (χ1v) is 10.2. The normalized spacial score (nSPS) is 29.0. The first-order valence-electron chi connectivity index (χ1n) is 10.2. The number of nitrogens with zero attached hydrogens (tertiary/aromatic N) is 3. The summed E-state index contributed by atoms with van der Waals surface area (Å²) in [4.78, 5) is 31.1. The monoisotopic (exact) mass is 389 g/mol. The Morgan fingerprint density at radius 3 is 2.46 bits per heavy atom. The maximum absolute atomic E-state index is 13.1. The Morgan fingerprint density at radius 2 is 1.86 bits per heavy atom. The zero-order valence-corrected chi connectivity index (χ0v) is 16.3. The summed E-state index contributed by atoms with van der Waals surface area (Å²) in [5.41, 5.74) is 0.271. The van der Waals surface area contributed by atoms with Gasteiger partial charge in [0.25, 0.3) is 0 Å². The van der Waals surface area contributed by atoms with Crippen LogP contribution in [0.5, 0.6) is 0 Å². The lowest BCUT2D eigenvalue weighted by Crippen LogP contribution is -2.54. The second-order valence-electron chi connectivity index (χ2n) is 8.44. The lowest BCUT2D eigenvalue weighted by atomic mass is 9.81. The van der Waals surface area contributed by atoms with E-state index in [9.17, 15) is 19.1 Å². The number of piperazine rings is 1. The molecule has 3 atom stereocenters. The summed E-state index contributed by atoms with van der Waals surface area (Å²) in [6, 6.07) is 6.26. The van der Waals surface area contributed by atoms with E-state index < -0.39 is 11.4 Å². The third kappa shape index (κ3) is 3.26. The molecule has 2 heterocycles. The van der Waals surface area contributed by atoms with Crippen molar-refractivity contribution in [3.63, 3.8) is 0 Å². The number of fused-ring (bicyclic) bond motifs is 1. The van der Waals surface area contributed by atoms with E-state index >= 15 is 0 Å². The molecule has 0 radical (unpaired) electrons. The van der Waals surface area contributed by atoms with Gasteiger partial charge in [-0.3, -0.25) is 14.5 Å². The number of anilines is 1. The van der Waals surface area contributed by atoms with Crippen LogP contribution in [0.3, 0.4) is 0 Å². The predicted octanol–water partition coefficient (Wildman–Crippen LogP) is 2.05. The van der Waals surface area contributed by atoms with Crippen LogP contribution in [-0.4, -0.2) is 72.1 Å². The quantitative estimate of drug-likeness (QED) is 0.854. The van der Waals surface area contributed by atoms with Gasteiger partial charge in [-0.1, -0.05) is 6.42 Å². The molecule has 7 heteroatoms. The minimum atomic E-state index is -0.745. The molecule has 1 aromatic carbocycles. The first-order chi connectivity index (χ1) is 13.4. The van der Waals surface area contributed by atoms with Crippen molar-refractivity contribution in [2.75, 3.05) is 44.2 Å². The Hall–Kier alpha value is -2.15. The molecule has 3 aliphatic rings. The van der Waals surface area contributed by atoms with Crippen molar-refractivity contribution in [3.8, 4) is 0 Å². The van der Waals surface area contributed by atoms with Crippen LogP contribution >= 0.6 is 0 Å². The Morgan fingerprint density at radius 1 is 1.18 bits per heavy atom. The molecule has 2 aliphatic heterocycles. The fraction of sp³-hybridized carbons (Fsp3) is 0.619. The van der Waals surface area contributed by atoms with E-state index in [2.05, 4.69) is 9.80 Å². The van der Waals surface area contributed by atoms with Gasteiger partial charge >= 0.3 is 5.97 Å². The van der Waals surface area contributed by atoms with Crippen molar-refractivity contribution in [3.05, 3.63) is 30.1 Å². The summed E-state index contributed by atoms with van der Waals surface area (Å²) in [7, 11) is 0. The highest BCUT2D eigenvalue weighted by Crippen LogP contribution is 2.49. The van der Waals surface area contributed by atoms with Crippen molar-refractivity contribution in [1.29, 1.82) is 0 Å². The predicted molar refractivity (Wildman–Crippen MR) is 104 cm³/mol. The molecule has 28 heavy (non-hydrogen) atoms. The Balaban J connectivity index is 1.35. The molecule has 0 bridgehead atoms. The van der Waals surface area contributed by atoms with E-state index in [1.165, 1.54) is 12.1 Å². The van der Waals surface area contributed by atoms with Gasteiger partial charge in [0.15, 0.2) is 0 Å². The van der Waals surface area contributed by atoms with Crippen molar-refractivity contribution < 1.29 is 19.1 Å². The summed E-state index contributed by atoms with van der Waals surface area (Å²) in [6.07, 6.45) is 2.53. The standard InChI is InChI=1S/C21H28FN3O3/c1-15(19(26)25-13-16-3-2-8-21(16,14-25)20(27)28)23-9-11-24(12-10-23)18-6-4-17(22)5-7-18/h4-7,15-16H,2-3,8-14H2,1H3,(H,27,28)/t15?,16-,21+/m0/s1. The lowest BCUT2D eigenvalue weighted by Gasteiger charge is -2.39. The number of benzene rings is 1. The first kappa shape index (κ1) is 19.2. The van der Waals surface area contributed by atoms with E-state index in [0.29, 0.717) is 19.5 Å². The molecule has 0 spiro atoms. The minimum absolute atomic E-state index is 0.0465. The molecule has 1 unspecified atom stereocenters. The largest absolute Gasteiger partial charge is 0.481 e. The Labute approximate surface area is 164 Å². The third-order valence-electron chi connectivity index (χ3n) is 7.02. The molecule has 1 amide bonds. The van der Waals surface area contributed by atoms with Gasteiger partial charge in [-0.15, -0.1) is 0 Å². The molecule has 1 aromatic rings. The smallest absolute Gasteiger partial charge is 0.311 e. The van der Waals surface area contributed by atoms with E-state index in [1.54, 1.807) is 17.0 Å². The number of aliphatic carboxylic acids is 1. The van der Waals surface area contributed by atoms with Crippen LogP contribution < -0.4 is 4.90 Å². The molecule has 2 saturated heterocycles. The minimum Gasteiger partial charge on any atom is -0.481 e. The maximum Gasteiger partial charge on any atom is 0.311 e. The molecule has 1 aliphatic carbocycles. The van der Waals surface area contributed by atoms with Gasteiger partial charge in [0.2, 0.25) is 5.91 Å². The SMILES string of the molecule is CC(C(=O)N1C[C@@H]2CCC[C@@]2(C(=O)O)C1)N1CCN(c2ccc(F)cc2)CC1. The number of hydrogen-bond donors (Lipinski definition) is 1. The molecule has 4 rings (SSSR count). The highest BCUT2D eigenvalue weighted by molar-refractivity contribution is 5.84. The maximum atomic E-state index is 13.1. The lowest BCUT2D eigenvalue weighted by molar-refractivity contribution is -0.149. The summed E-state index contributed by atoms with van der Waals surface area (Å²) >= 11 is 0. The van der Waals surface area contributed by atoms with E-state index in [0.717, 1.165) is 44.7 Å². The number of hydrogen-bond acceptors (Lipinski definition) is 4. The van der Waals surface area contributed by atoms with Crippen LogP contribution in [-0.2, 0) is 9.59 Å². The van der Waals surface area contributed by atoms with E-state index in [4.69, 9.17) is 0 Å². The van der Waals surface area contributed by atoms with Gasteiger partial charge in [-0.05, 0) is 49.9 Å². The van der Waals surface area contributed by atoms with Crippen LogP contribution in [0.15, 0.2) is 24.3 Å². The third-order valence-corrected chi connectivity index (χ3v) is 7.02. The van der Waals surface area contributed by atoms with Gasteiger partial charge in [0, 0.05) is 45.0 Å². The topological polar surface area (TPSA) is 64.1 Å². The van der Waals surface area contributed by atoms with Crippen molar-refractivity contribution in [1.82, 2.24) is 9.80 Å². The van der Waals surface area contributed by atoms with Gasteiger partial charge in [0.1, 0.15) is 5.82 Å². The molecule has 152 valence electrons. The summed E-state index contributed by atoms with van der Waals surface area (Å²) in [5, 5.41) is 9.74. The average molecular weight is 389 g/mol. The number of likely N-dealkylation sites (tertiary alicyclic amines) is 1. The summed E-state index contributed by atoms with van der Waals surface area (Å²) < 4.78 is 13.1. The highest BCUT2D eigenvalue weighted by Gasteiger charge is 2.56. The number of carboxylic acids is 1. The van der Waals surface area contributed by atoms with Crippen molar-refractivity contribution >= 4 is 17.6 Å². The second-order valence-corrected chi connectivity index (χ2v) is 8.44. The number of carboxylic acid groups (broad SMARTS) is 1. The van der Waals surface area contributed by atoms with E-state index in [1.807, 2.05) is 6.92 Å².